The standard InChI is InChI=1S/C26H25F3N4O3S/c1-14-30-21(22(37-14)15-6-8-16(9-7-15)26(27,28)29)23(34)33-11-5-10-25(33,2)24-31-17-12-19(35-3)20(36-4)13-18(17)32-24/h6-9,12-13H,5,10-11H2,1-4H3,(H,31,32). The number of carbonyl (C=O) groups is 1. The molecule has 0 aliphatic carbocycles. The van der Waals surface area contributed by atoms with Gasteiger partial charge in [-0.3, -0.25) is 4.79 Å². The fourth-order valence-electron chi connectivity index (χ4n) is 4.83. The smallest absolute Gasteiger partial charge is 0.416 e. The van der Waals surface area contributed by atoms with E-state index in [1.165, 1.54) is 23.5 Å². The highest BCUT2D eigenvalue weighted by atomic mass is 32.1. The van der Waals surface area contributed by atoms with Crippen LogP contribution in [0.1, 0.15) is 46.6 Å². The van der Waals surface area contributed by atoms with Crippen molar-refractivity contribution in [2.75, 3.05) is 20.8 Å². The molecule has 7 nitrogen and oxygen atoms in total. The third kappa shape index (κ3) is 4.30. The number of rotatable bonds is 5. The van der Waals surface area contributed by atoms with E-state index in [1.54, 1.807) is 32.1 Å². The van der Waals surface area contributed by atoms with E-state index in [4.69, 9.17) is 14.5 Å². The summed E-state index contributed by atoms with van der Waals surface area (Å²) in [5.41, 5.74) is 0.716. The van der Waals surface area contributed by atoms with Crippen molar-refractivity contribution in [2.24, 2.45) is 0 Å². The van der Waals surface area contributed by atoms with Crippen molar-refractivity contribution in [2.45, 2.75) is 38.4 Å². The highest BCUT2D eigenvalue weighted by Crippen LogP contribution is 2.42. The second-order valence-corrected chi connectivity index (χ2v) is 10.3. The van der Waals surface area contributed by atoms with Crippen LogP contribution in [0.15, 0.2) is 36.4 Å². The molecule has 4 aromatic rings. The van der Waals surface area contributed by atoms with Crippen LogP contribution in [-0.4, -0.2) is 46.5 Å². The average molecular weight is 531 g/mol. The Morgan fingerprint density at radius 2 is 1.78 bits per heavy atom. The number of H-pyrrole nitrogens is 1. The minimum absolute atomic E-state index is 0.231. The van der Waals surface area contributed by atoms with Gasteiger partial charge in [0.1, 0.15) is 11.5 Å². The van der Waals surface area contributed by atoms with E-state index in [9.17, 15) is 18.0 Å². The van der Waals surface area contributed by atoms with Gasteiger partial charge in [-0.25, -0.2) is 9.97 Å². The number of hydrogen-bond donors (Lipinski definition) is 1. The molecule has 5 rings (SSSR count). The fraction of sp³-hybridized carbons (Fsp3) is 0.346. The molecule has 1 aliphatic heterocycles. The Morgan fingerprint density at radius 3 is 2.43 bits per heavy atom. The van der Waals surface area contributed by atoms with E-state index >= 15 is 0 Å². The number of aromatic nitrogens is 3. The molecule has 1 atom stereocenters. The molecule has 0 spiro atoms. The molecule has 11 heteroatoms. The largest absolute Gasteiger partial charge is 0.493 e. The van der Waals surface area contributed by atoms with Gasteiger partial charge in [-0.2, -0.15) is 13.2 Å². The third-order valence-electron chi connectivity index (χ3n) is 6.79. The molecule has 194 valence electrons. The van der Waals surface area contributed by atoms with Crippen LogP contribution < -0.4 is 9.47 Å². The first kappa shape index (κ1) is 25.1. The van der Waals surface area contributed by atoms with Gasteiger partial charge in [0.15, 0.2) is 11.5 Å². The van der Waals surface area contributed by atoms with Gasteiger partial charge >= 0.3 is 6.18 Å². The number of nitrogens with zero attached hydrogens (tertiary/aromatic N) is 3. The van der Waals surface area contributed by atoms with Crippen LogP contribution in [0.4, 0.5) is 13.2 Å². The van der Waals surface area contributed by atoms with E-state index < -0.39 is 17.3 Å². The van der Waals surface area contributed by atoms with E-state index in [0.29, 0.717) is 51.3 Å². The van der Waals surface area contributed by atoms with Crippen LogP contribution in [0.25, 0.3) is 21.5 Å². The number of halogens is 3. The second-order valence-electron chi connectivity index (χ2n) is 9.13. The van der Waals surface area contributed by atoms with Gasteiger partial charge in [0, 0.05) is 18.7 Å². The van der Waals surface area contributed by atoms with Crippen LogP contribution in [-0.2, 0) is 11.7 Å². The summed E-state index contributed by atoms with van der Waals surface area (Å²) in [6.07, 6.45) is -2.98. The lowest BCUT2D eigenvalue weighted by atomic mass is 9.97. The number of imidazole rings is 1. The number of nitrogens with one attached hydrogen (secondary N) is 1. The van der Waals surface area contributed by atoms with Crippen molar-refractivity contribution >= 4 is 28.3 Å². The number of fused-ring (bicyclic) bond motifs is 1. The lowest BCUT2D eigenvalue weighted by Crippen LogP contribution is -2.44. The number of alkyl halides is 3. The molecule has 2 aromatic heterocycles. The Bertz CT molecular complexity index is 1440. The molecule has 0 radical (unpaired) electrons. The number of benzene rings is 2. The second kappa shape index (κ2) is 9.05. The summed E-state index contributed by atoms with van der Waals surface area (Å²) < 4.78 is 49.9. The molecule has 1 N–H and O–H groups in total. The van der Waals surface area contributed by atoms with Crippen LogP contribution in [0.3, 0.4) is 0 Å². The summed E-state index contributed by atoms with van der Waals surface area (Å²) >= 11 is 1.28. The number of hydrogen-bond acceptors (Lipinski definition) is 6. The van der Waals surface area contributed by atoms with Gasteiger partial charge in [0.25, 0.3) is 5.91 Å². The minimum Gasteiger partial charge on any atom is -0.493 e. The van der Waals surface area contributed by atoms with Crippen LogP contribution in [0.5, 0.6) is 11.5 Å². The number of carbonyl (C=O) groups excluding carboxylic acids is 1. The van der Waals surface area contributed by atoms with Gasteiger partial charge in [-0.05, 0) is 44.4 Å². The Balaban J connectivity index is 1.52. The molecular formula is C26H25F3N4O3S. The predicted molar refractivity (Wildman–Crippen MR) is 134 cm³/mol. The van der Waals surface area contributed by atoms with Crippen LogP contribution in [0.2, 0.25) is 0 Å². The molecular weight excluding hydrogens is 505 g/mol. The summed E-state index contributed by atoms with van der Waals surface area (Å²) in [7, 11) is 3.11. The number of likely N-dealkylation sites (tertiary alicyclic amines) is 1. The SMILES string of the molecule is COc1cc2nc(C3(C)CCCN3C(=O)c3nc(C)sc3-c3ccc(C(F)(F)F)cc3)[nH]c2cc1OC. The van der Waals surface area contributed by atoms with Gasteiger partial charge in [0.05, 0.1) is 46.2 Å². The molecule has 0 bridgehead atoms. The van der Waals surface area contributed by atoms with Gasteiger partial charge < -0.3 is 19.4 Å². The van der Waals surface area contributed by atoms with Crippen molar-refractivity contribution in [3.05, 3.63) is 58.5 Å². The molecule has 37 heavy (non-hydrogen) atoms. The predicted octanol–water partition coefficient (Wildman–Crippen LogP) is 6.18. The molecule has 1 aliphatic rings. The van der Waals surface area contributed by atoms with Crippen molar-refractivity contribution in [1.29, 1.82) is 0 Å². The van der Waals surface area contributed by atoms with E-state index in [1.807, 2.05) is 13.0 Å². The monoisotopic (exact) mass is 530 g/mol. The topological polar surface area (TPSA) is 80.3 Å². The Labute approximate surface area is 215 Å². The first-order chi connectivity index (χ1) is 17.5. The molecule has 1 saturated heterocycles. The summed E-state index contributed by atoms with van der Waals surface area (Å²) in [6, 6.07) is 8.41. The molecule has 2 aromatic carbocycles. The maximum atomic E-state index is 13.9. The maximum Gasteiger partial charge on any atom is 0.416 e. The normalized spacial score (nSPS) is 18.0. The molecule has 3 heterocycles. The molecule has 1 unspecified atom stereocenters. The van der Waals surface area contributed by atoms with Crippen LogP contribution in [0, 0.1) is 6.92 Å². The summed E-state index contributed by atoms with van der Waals surface area (Å²) in [4.78, 5) is 28.8. The zero-order valence-corrected chi connectivity index (χ0v) is 21.5. The van der Waals surface area contributed by atoms with Gasteiger partial charge in [-0.15, -0.1) is 11.3 Å². The fourth-order valence-corrected chi connectivity index (χ4v) is 5.75. The lowest BCUT2D eigenvalue weighted by molar-refractivity contribution is -0.137. The summed E-state index contributed by atoms with van der Waals surface area (Å²) in [6.45, 7) is 4.24. The Hall–Kier alpha value is -3.60. The Kier molecular flexibility index (Phi) is 6.13. The van der Waals surface area contributed by atoms with E-state index in [-0.39, 0.29) is 11.6 Å². The lowest BCUT2D eigenvalue weighted by Gasteiger charge is -2.33. The quantitative estimate of drug-likeness (QED) is 0.333. The number of ether oxygens (including phenoxy) is 2. The number of amides is 1. The highest BCUT2D eigenvalue weighted by Gasteiger charge is 2.45. The first-order valence-corrected chi connectivity index (χ1v) is 12.5. The van der Waals surface area contributed by atoms with Gasteiger partial charge in [-0.1, -0.05) is 12.1 Å². The number of aryl methyl sites for hydroxylation is 1. The molecule has 1 fully saturated rings. The molecule has 1 amide bonds. The maximum absolute atomic E-state index is 13.9. The average Bonchev–Trinajstić information content (AvgIpc) is 3.58. The Morgan fingerprint density at radius 1 is 1.11 bits per heavy atom. The highest BCUT2D eigenvalue weighted by molar-refractivity contribution is 7.15. The number of methoxy groups -OCH3 is 2. The number of aromatic amines is 1. The minimum atomic E-state index is -4.43. The van der Waals surface area contributed by atoms with E-state index in [2.05, 4.69) is 9.97 Å². The van der Waals surface area contributed by atoms with Crippen LogP contribution >= 0.6 is 11.3 Å². The number of thiazole rings is 1. The van der Waals surface area contributed by atoms with Crippen molar-refractivity contribution in [3.8, 4) is 21.9 Å². The summed E-state index contributed by atoms with van der Waals surface area (Å²) in [5, 5.41) is 0.655. The van der Waals surface area contributed by atoms with E-state index in [0.717, 1.165) is 24.1 Å². The van der Waals surface area contributed by atoms with Crippen molar-refractivity contribution in [3.63, 3.8) is 0 Å². The zero-order valence-electron chi connectivity index (χ0n) is 20.7. The van der Waals surface area contributed by atoms with Crippen molar-refractivity contribution in [1.82, 2.24) is 19.9 Å². The van der Waals surface area contributed by atoms with Crippen molar-refractivity contribution < 1.29 is 27.4 Å². The zero-order chi connectivity index (χ0) is 26.5. The third-order valence-corrected chi connectivity index (χ3v) is 7.81. The van der Waals surface area contributed by atoms with Gasteiger partial charge in [0.2, 0.25) is 0 Å². The summed E-state index contributed by atoms with van der Waals surface area (Å²) in [5.74, 6) is 1.46. The molecule has 0 saturated carbocycles. The first-order valence-electron chi connectivity index (χ1n) is 11.6.